The quantitative estimate of drug-likeness (QED) is 0.591. The van der Waals surface area contributed by atoms with E-state index < -0.39 is 0 Å². The molecule has 9 heavy (non-hydrogen) atoms. The Hall–Kier alpha value is 0.240. The maximum absolute atomic E-state index is 11.7. The maximum atomic E-state index is 11.7. The van der Waals surface area contributed by atoms with Gasteiger partial charge in [0, 0.05) is 0 Å². The predicted octanol–water partition coefficient (Wildman–Crippen LogP) is 2.05. The highest BCUT2D eigenvalue weighted by Gasteiger charge is 2.08. The van der Waals surface area contributed by atoms with Crippen molar-refractivity contribution < 1.29 is 3.89 Å². The van der Waals surface area contributed by atoms with Crippen molar-refractivity contribution in [2.75, 3.05) is 19.0 Å². The molecule has 0 aromatic carbocycles. The van der Waals surface area contributed by atoms with E-state index in [1.165, 1.54) is 19.3 Å². The highest BCUT2D eigenvalue weighted by Crippen LogP contribution is 2.12. The molecule has 1 rings (SSSR count). The number of hydrogen-bond acceptors (Lipinski definition) is 2. The standard InChI is InChI=1S/C6H12FNS/c7-9-6-8-4-2-1-3-5-8/h1-6H2. The van der Waals surface area contributed by atoms with Gasteiger partial charge in [0.05, 0.1) is 18.0 Å². The number of rotatable bonds is 2. The minimum Gasteiger partial charge on any atom is -0.292 e. The SMILES string of the molecule is FSCN1CCCCC1. The van der Waals surface area contributed by atoms with Gasteiger partial charge in [0.2, 0.25) is 0 Å². The third-order valence-electron chi connectivity index (χ3n) is 1.68. The van der Waals surface area contributed by atoms with Gasteiger partial charge in [-0.2, -0.15) is 3.89 Å². The summed E-state index contributed by atoms with van der Waals surface area (Å²) < 4.78 is 11.7. The van der Waals surface area contributed by atoms with Crippen LogP contribution in [0.2, 0.25) is 0 Å². The normalized spacial score (nSPS) is 22.3. The van der Waals surface area contributed by atoms with Crippen molar-refractivity contribution in [2.45, 2.75) is 19.3 Å². The zero-order chi connectivity index (χ0) is 6.53. The number of halogens is 1. The molecular formula is C6H12FNS. The Bertz CT molecular complexity index is 70.7. The van der Waals surface area contributed by atoms with E-state index in [4.69, 9.17) is 0 Å². The van der Waals surface area contributed by atoms with Crippen molar-refractivity contribution in [3.8, 4) is 0 Å². The van der Waals surface area contributed by atoms with Crippen molar-refractivity contribution in [1.29, 1.82) is 0 Å². The molecule has 0 aromatic rings. The first-order valence-corrected chi connectivity index (χ1v) is 4.28. The van der Waals surface area contributed by atoms with Crippen molar-refractivity contribution in [2.24, 2.45) is 0 Å². The van der Waals surface area contributed by atoms with Crippen LogP contribution < -0.4 is 0 Å². The third-order valence-corrected chi connectivity index (χ3v) is 2.14. The molecule has 0 unspecified atom stereocenters. The molecule has 0 amide bonds. The number of nitrogens with zero attached hydrogens (tertiary/aromatic N) is 1. The minimum absolute atomic E-state index is 0.434. The molecule has 1 fully saturated rings. The van der Waals surface area contributed by atoms with Gasteiger partial charge in [0.1, 0.15) is 0 Å². The molecular weight excluding hydrogens is 137 g/mol. The van der Waals surface area contributed by atoms with Crippen molar-refractivity contribution in [3.63, 3.8) is 0 Å². The van der Waals surface area contributed by atoms with Gasteiger partial charge in [0.25, 0.3) is 0 Å². The summed E-state index contributed by atoms with van der Waals surface area (Å²) in [5.74, 6) is 0.569. The molecule has 0 spiro atoms. The van der Waals surface area contributed by atoms with E-state index in [9.17, 15) is 3.89 Å². The molecule has 0 radical (unpaired) electrons. The van der Waals surface area contributed by atoms with Crippen LogP contribution >= 0.6 is 12.1 Å². The number of likely N-dealkylation sites (tertiary alicyclic amines) is 1. The second kappa shape index (κ2) is 4.12. The predicted molar refractivity (Wildman–Crippen MR) is 39.0 cm³/mol. The molecule has 54 valence electrons. The van der Waals surface area contributed by atoms with E-state index >= 15 is 0 Å². The van der Waals surface area contributed by atoms with E-state index in [0.29, 0.717) is 18.0 Å². The molecule has 1 saturated heterocycles. The lowest BCUT2D eigenvalue weighted by Crippen LogP contribution is -2.28. The van der Waals surface area contributed by atoms with Crippen molar-refractivity contribution in [3.05, 3.63) is 0 Å². The van der Waals surface area contributed by atoms with Crippen LogP contribution in [0.5, 0.6) is 0 Å². The topological polar surface area (TPSA) is 3.24 Å². The number of piperidine rings is 1. The Morgan fingerprint density at radius 2 is 1.89 bits per heavy atom. The second-order valence-corrected chi connectivity index (χ2v) is 2.89. The highest BCUT2D eigenvalue weighted by molar-refractivity contribution is 7.94. The summed E-state index contributed by atoms with van der Waals surface area (Å²) in [5, 5.41) is 0. The smallest absolute Gasteiger partial charge is 0.0764 e. The van der Waals surface area contributed by atoms with Crippen LogP contribution in [-0.2, 0) is 0 Å². The molecule has 0 aromatic heterocycles. The molecule has 0 saturated carbocycles. The fourth-order valence-corrected chi connectivity index (χ4v) is 1.55. The third kappa shape index (κ3) is 2.54. The molecule has 1 aliphatic rings. The van der Waals surface area contributed by atoms with E-state index in [0.717, 1.165) is 13.1 Å². The van der Waals surface area contributed by atoms with Gasteiger partial charge in [-0.15, -0.1) is 0 Å². The lowest BCUT2D eigenvalue weighted by Gasteiger charge is -2.23. The van der Waals surface area contributed by atoms with Gasteiger partial charge < -0.3 is 0 Å². The van der Waals surface area contributed by atoms with Crippen LogP contribution in [0.4, 0.5) is 3.89 Å². The van der Waals surface area contributed by atoms with Crippen LogP contribution in [0.15, 0.2) is 0 Å². The van der Waals surface area contributed by atoms with E-state index in [-0.39, 0.29) is 0 Å². The molecule has 1 heterocycles. The van der Waals surface area contributed by atoms with Gasteiger partial charge >= 0.3 is 0 Å². The highest BCUT2D eigenvalue weighted by atomic mass is 32.2. The largest absolute Gasteiger partial charge is 0.292 e. The Morgan fingerprint density at radius 1 is 1.22 bits per heavy atom. The lowest BCUT2D eigenvalue weighted by atomic mass is 10.1. The van der Waals surface area contributed by atoms with Crippen LogP contribution in [-0.4, -0.2) is 23.9 Å². The zero-order valence-electron chi connectivity index (χ0n) is 5.48. The lowest BCUT2D eigenvalue weighted by molar-refractivity contribution is 0.265. The summed E-state index contributed by atoms with van der Waals surface area (Å²) in [6.45, 7) is 2.19. The molecule has 3 heteroatoms. The monoisotopic (exact) mass is 149 g/mol. The second-order valence-electron chi connectivity index (χ2n) is 2.42. The first-order chi connectivity index (χ1) is 4.43. The Kier molecular flexibility index (Phi) is 3.36. The van der Waals surface area contributed by atoms with Gasteiger partial charge in [-0.05, 0) is 25.9 Å². The first-order valence-electron chi connectivity index (χ1n) is 3.39. The molecule has 0 atom stereocenters. The minimum atomic E-state index is 0.434. The molecule has 0 bridgehead atoms. The summed E-state index contributed by atoms with van der Waals surface area (Å²) in [6.07, 6.45) is 3.83. The van der Waals surface area contributed by atoms with E-state index in [1.807, 2.05) is 0 Å². The van der Waals surface area contributed by atoms with E-state index in [1.54, 1.807) is 0 Å². The molecule has 1 aliphatic heterocycles. The summed E-state index contributed by atoms with van der Waals surface area (Å²) >= 11 is 0.434. The van der Waals surface area contributed by atoms with Gasteiger partial charge in [-0.3, -0.25) is 4.90 Å². The van der Waals surface area contributed by atoms with E-state index in [2.05, 4.69) is 4.90 Å². The van der Waals surface area contributed by atoms with Crippen LogP contribution in [0, 0.1) is 0 Å². The van der Waals surface area contributed by atoms with Gasteiger partial charge in [-0.25, -0.2) is 0 Å². The van der Waals surface area contributed by atoms with Crippen molar-refractivity contribution >= 4 is 12.1 Å². The van der Waals surface area contributed by atoms with Crippen molar-refractivity contribution in [1.82, 2.24) is 4.90 Å². The maximum Gasteiger partial charge on any atom is 0.0764 e. The summed E-state index contributed by atoms with van der Waals surface area (Å²) in [5.41, 5.74) is 0. The average Bonchev–Trinajstić information content (AvgIpc) is 1.91. The van der Waals surface area contributed by atoms with Gasteiger partial charge in [-0.1, -0.05) is 6.42 Å². The first kappa shape index (κ1) is 7.35. The Labute approximate surface area is 59.9 Å². The van der Waals surface area contributed by atoms with Crippen LogP contribution in [0.25, 0.3) is 0 Å². The molecule has 1 nitrogen and oxygen atoms in total. The average molecular weight is 149 g/mol. The Balaban J connectivity index is 2.08. The number of hydrogen-bond donors (Lipinski definition) is 0. The fraction of sp³-hybridized carbons (Fsp3) is 1.00. The molecule has 0 N–H and O–H groups in total. The summed E-state index contributed by atoms with van der Waals surface area (Å²) in [7, 11) is 0. The van der Waals surface area contributed by atoms with Gasteiger partial charge in [0.15, 0.2) is 0 Å². The summed E-state index contributed by atoms with van der Waals surface area (Å²) in [4.78, 5) is 2.16. The Morgan fingerprint density at radius 3 is 2.44 bits per heavy atom. The fourth-order valence-electron chi connectivity index (χ4n) is 1.16. The zero-order valence-corrected chi connectivity index (χ0v) is 6.29. The molecule has 0 aliphatic carbocycles. The summed E-state index contributed by atoms with van der Waals surface area (Å²) in [6, 6.07) is 0. The van der Waals surface area contributed by atoms with Crippen LogP contribution in [0.1, 0.15) is 19.3 Å². The van der Waals surface area contributed by atoms with Crippen LogP contribution in [0.3, 0.4) is 0 Å².